The number of nitrogens with one attached hydrogen (secondary N) is 1. The average molecular weight is 297 g/mol. The van der Waals surface area contributed by atoms with Gasteiger partial charge in [-0.2, -0.15) is 0 Å². The number of rotatable bonds is 4. The van der Waals surface area contributed by atoms with Crippen molar-refractivity contribution < 1.29 is 8.42 Å². The second kappa shape index (κ2) is 5.26. The molecule has 0 saturated carbocycles. The van der Waals surface area contributed by atoms with Crippen LogP contribution in [0.5, 0.6) is 0 Å². The summed E-state index contributed by atoms with van der Waals surface area (Å²) in [5.41, 5.74) is 0.956. The SMILES string of the molecule is Cc1csc(C(C)Nc2ncccc2S(C)(=O)=O)n1. The summed E-state index contributed by atoms with van der Waals surface area (Å²) >= 11 is 1.54. The third-order valence-electron chi connectivity index (χ3n) is 2.53. The molecule has 0 bridgehead atoms. The molecule has 2 aromatic heterocycles. The van der Waals surface area contributed by atoms with Gasteiger partial charge in [-0.3, -0.25) is 0 Å². The lowest BCUT2D eigenvalue weighted by Crippen LogP contribution is -2.11. The highest BCUT2D eigenvalue weighted by Gasteiger charge is 2.17. The van der Waals surface area contributed by atoms with Gasteiger partial charge in [0, 0.05) is 23.5 Å². The predicted octanol–water partition coefficient (Wildman–Crippen LogP) is 2.42. The van der Waals surface area contributed by atoms with Crippen LogP contribution in [0.4, 0.5) is 5.82 Å². The van der Waals surface area contributed by atoms with E-state index in [1.807, 2.05) is 19.2 Å². The molecule has 0 saturated heterocycles. The molecule has 1 N–H and O–H groups in total. The maximum absolute atomic E-state index is 11.7. The molecule has 1 unspecified atom stereocenters. The van der Waals surface area contributed by atoms with E-state index in [1.54, 1.807) is 18.3 Å². The highest BCUT2D eigenvalue weighted by atomic mass is 32.2. The van der Waals surface area contributed by atoms with Crippen LogP contribution in [0.3, 0.4) is 0 Å². The first kappa shape index (κ1) is 14.0. The highest BCUT2D eigenvalue weighted by molar-refractivity contribution is 7.90. The molecule has 102 valence electrons. The second-order valence-corrected chi connectivity index (χ2v) is 7.19. The Morgan fingerprint density at radius 2 is 2.16 bits per heavy atom. The van der Waals surface area contributed by atoms with Crippen LogP contribution < -0.4 is 5.32 Å². The van der Waals surface area contributed by atoms with E-state index in [-0.39, 0.29) is 10.9 Å². The van der Waals surface area contributed by atoms with Crippen LogP contribution in [0.1, 0.15) is 23.7 Å². The maximum atomic E-state index is 11.7. The van der Waals surface area contributed by atoms with Crippen LogP contribution in [-0.2, 0) is 9.84 Å². The van der Waals surface area contributed by atoms with Crippen molar-refractivity contribution >= 4 is 27.0 Å². The van der Waals surface area contributed by atoms with Crippen LogP contribution in [0.25, 0.3) is 0 Å². The largest absolute Gasteiger partial charge is 0.360 e. The fourth-order valence-corrected chi connectivity index (χ4v) is 3.23. The minimum atomic E-state index is -3.30. The molecule has 2 heterocycles. The third kappa shape index (κ3) is 3.30. The standard InChI is InChI=1S/C12H15N3O2S2/c1-8-7-18-12(14-8)9(2)15-11-10(19(3,16)17)5-4-6-13-11/h4-7,9H,1-3H3,(H,13,15). The van der Waals surface area contributed by atoms with Crippen molar-refractivity contribution in [2.75, 3.05) is 11.6 Å². The molecule has 0 spiro atoms. The van der Waals surface area contributed by atoms with E-state index in [9.17, 15) is 8.42 Å². The van der Waals surface area contributed by atoms with E-state index in [0.29, 0.717) is 5.82 Å². The molecular weight excluding hydrogens is 282 g/mol. The minimum Gasteiger partial charge on any atom is -0.360 e. The first-order valence-corrected chi connectivity index (χ1v) is 8.48. The van der Waals surface area contributed by atoms with E-state index >= 15 is 0 Å². The Kier molecular flexibility index (Phi) is 3.86. The summed E-state index contributed by atoms with van der Waals surface area (Å²) in [6, 6.07) is 3.07. The van der Waals surface area contributed by atoms with Gasteiger partial charge in [-0.1, -0.05) is 0 Å². The van der Waals surface area contributed by atoms with Gasteiger partial charge < -0.3 is 5.32 Å². The van der Waals surface area contributed by atoms with E-state index in [4.69, 9.17) is 0 Å². The zero-order valence-corrected chi connectivity index (χ0v) is 12.5. The summed E-state index contributed by atoms with van der Waals surface area (Å²) in [7, 11) is -3.30. The Labute approximate surface area is 116 Å². The minimum absolute atomic E-state index is 0.0888. The first-order valence-electron chi connectivity index (χ1n) is 5.71. The lowest BCUT2D eigenvalue weighted by atomic mass is 10.3. The molecule has 0 aliphatic carbocycles. The number of hydrogen-bond donors (Lipinski definition) is 1. The fourth-order valence-electron chi connectivity index (χ4n) is 1.64. The van der Waals surface area contributed by atoms with Gasteiger partial charge >= 0.3 is 0 Å². The van der Waals surface area contributed by atoms with Crippen LogP contribution in [0.15, 0.2) is 28.6 Å². The number of aryl methyl sites for hydroxylation is 1. The summed E-state index contributed by atoms with van der Waals surface area (Å²) in [6.07, 6.45) is 2.74. The zero-order chi connectivity index (χ0) is 14.0. The molecular formula is C12H15N3O2S2. The van der Waals surface area contributed by atoms with Crippen LogP contribution >= 0.6 is 11.3 Å². The molecule has 0 amide bonds. The first-order chi connectivity index (χ1) is 8.88. The smallest absolute Gasteiger partial charge is 0.179 e. The molecule has 0 fully saturated rings. The van der Waals surface area contributed by atoms with Crippen molar-refractivity contribution in [3.8, 4) is 0 Å². The van der Waals surface area contributed by atoms with Gasteiger partial charge in [0.05, 0.1) is 6.04 Å². The molecule has 1 atom stereocenters. The summed E-state index contributed by atoms with van der Waals surface area (Å²) in [6.45, 7) is 3.86. The summed E-state index contributed by atoms with van der Waals surface area (Å²) < 4.78 is 23.4. The zero-order valence-electron chi connectivity index (χ0n) is 10.9. The van der Waals surface area contributed by atoms with Crippen LogP contribution in [0.2, 0.25) is 0 Å². The lowest BCUT2D eigenvalue weighted by Gasteiger charge is -2.14. The summed E-state index contributed by atoms with van der Waals surface area (Å²) in [4.78, 5) is 8.69. The number of hydrogen-bond acceptors (Lipinski definition) is 6. The van der Waals surface area contributed by atoms with E-state index < -0.39 is 9.84 Å². The summed E-state index contributed by atoms with van der Waals surface area (Å²) in [5, 5.41) is 5.97. The van der Waals surface area contributed by atoms with Gasteiger partial charge in [0.25, 0.3) is 0 Å². The number of nitrogens with zero attached hydrogens (tertiary/aromatic N) is 2. The normalized spacial score (nSPS) is 13.2. The molecule has 7 heteroatoms. The average Bonchev–Trinajstić information content (AvgIpc) is 2.75. The molecule has 2 aromatic rings. The molecule has 0 aliphatic heterocycles. The highest BCUT2D eigenvalue weighted by Crippen LogP contribution is 2.25. The topological polar surface area (TPSA) is 72.0 Å². The quantitative estimate of drug-likeness (QED) is 0.938. The van der Waals surface area contributed by atoms with Gasteiger partial charge in [0.2, 0.25) is 0 Å². The van der Waals surface area contributed by atoms with E-state index in [1.165, 1.54) is 17.6 Å². The van der Waals surface area contributed by atoms with Gasteiger partial charge in [-0.25, -0.2) is 18.4 Å². The van der Waals surface area contributed by atoms with Crippen LogP contribution in [0, 0.1) is 6.92 Å². The van der Waals surface area contributed by atoms with Crippen molar-refractivity contribution in [1.82, 2.24) is 9.97 Å². The van der Waals surface area contributed by atoms with Crippen molar-refractivity contribution in [2.45, 2.75) is 24.8 Å². The molecule has 0 radical (unpaired) electrons. The number of pyridine rings is 1. The Morgan fingerprint density at radius 1 is 1.42 bits per heavy atom. The van der Waals surface area contributed by atoms with Crippen molar-refractivity contribution in [3.05, 3.63) is 34.4 Å². The summed E-state index contributed by atoms with van der Waals surface area (Å²) in [5.74, 6) is 0.366. The lowest BCUT2D eigenvalue weighted by molar-refractivity contribution is 0.601. The maximum Gasteiger partial charge on any atom is 0.179 e. The van der Waals surface area contributed by atoms with Crippen molar-refractivity contribution in [3.63, 3.8) is 0 Å². The molecule has 5 nitrogen and oxygen atoms in total. The van der Waals surface area contributed by atoms with Crippen molar-refractivity contribution in [2.24, 2.45) is 0 Å². The second-order valence-electron chi connectivity index (χ2n) is 4.32. The van der Waals surface area contributed by atoms with Crippen LogP contribution in [-0.4, -0.2) is 24.6 Å². The van der Waals surface area contributed by atoms with Gasteiger partial charge in [0.1, 0.15) is 15.7 Å². The Hall–Kier alpha value is -1.47. The molecule has 2 rings (SSSR count). The number of sulfone groups is 1. The van der Waals surface area contributed by atoms with E-state index in [2.05, 4.69) is 15.3 Å². The Morgan fingerprint density at radius 3 is 2.74 bits per heavy atom. The van der Waals surface area contributed by atoms with E-state index in [0.717, 1.165) is 10.7 Å². The number of thiazole rings is 1. The van der Waals surface area contributed by atoms with Gasteiger partial charge in [-0.05, 0) is 26.0 Å². The van der Waals surface area contributed by atoms with Crippen molar-refractivity contribution in [1.29, 1.82) is 0 Å². The Bertz CT molecular complexity index is 680. The third-order valence-corrected chi connectivity index (χ3v) is 4.80. The fraction of sp³-hybridized carbons (Fsp3) is 0.333. The number of anilines is 1. The number of aromatic nitrogens is 2. The van der Waals surface area contributed by atoms with Gasteiger partial charge in [-0.15, -0.1) is 11.3 Å². The molecule has 19 heavy (non-hydrogen) atoms. The predicted molar refractivity (Wildman–Crippen MR) is 76.2 cm³/mol. The molecule has 0 aromatic carbocycles. The monoisotopic (exact) mass is 297 g/mol. The molecule has 0 aliphatic rings. The Balaban J connectivity index is 2.29. The van der Waals surface area contributed by atoms with Gasteiger partial charge in [0.15, 0.2) is 9.84 Å².